The van der Waals surface area contributed by atoms with Crippen LogP contribution in [0.15, 0.2) is 17.9 Å². The molecule has 1 aromatic carbocycles. The van der Waals surface area contributed by atoms with Gasteiger partial charge in [0.05, 0.1) is 11.1 Å². The fourth-order valence-corrected chi connectivity index (χ4v) is 1.95. The number of esters is 2. The van der Waals surface area contributed by atoms with E-state index in [1.54, 1.807) is 0 Å². The number of allylic oxidation sites excluding steroid dienone is 2. The smallest absolute Gasteiger partial charge is 0.308 e. The Hall–Kier alpha value is -3.16. The lowest BCUT2D eigenvalue weighted by Crippen LogP contribution is -2.21. The molecule has 1 aromatic rings. The molecule has 0 aliphatic heterocycles. The molecule has 0 heterocycles. The molecule has 0 bridgehead atoms. The van der Waals surface area contributed by atoms with Crippen LogP contribution >= 0.6 is 0 Å². The summed E-state index contributed by atoms with van der Waals surface area (Å²) in [5.41, 5.74) is -1.06. The number of hydrogen-bond acceptors (Lipinski definition) is 8. The maximum Gasteiger partial charge on any atom is 0.308 e. The summed E-state index contributed by atoms with van der Waals surface area (Å²) >= 11 is 0. The van der Waals surface area contributed by atoms with Gasteiger partial charge in [0.15, 0.2) is 23.0 Å². The second-order valence-electron chi connectivity index (χ2n) is 4.38. The zero-order valence-electron chi connectivity index (χ0n) is 11.5. The zero-order chi connectivity index (χ0) is 16.6. The average Bonchev–Trinajstić information content (AvgIpc) is 2.38. The maximum atomic E-state index is 12.2. The van der Waals surface area contributed by atoms with Crippen LogP contribution in [0, 0.1) is 0 Å². The van der Waals surface area contributed by atoms with E-state index in [-0.39, 0.29) is 0 Å². The van der Waals surface area contributed by atoms with Gasteiger partial charge < -0.3 is 19.7 Å². The van der Waals surface area contributed by atoms with Gasteiger partial charge in [0.25, 0.3) is 0 Å². The largest absolute Gasteiger partial charge is 0.507 e. The highest BCUT2D eigenvalue weighted by Gasteiger charge is 2.35. The Bertz CT molecular complexity index is 757. The predicted octanol–water partition coefficient (Wildman–Crippen LogP) is 0.849. The first-order chi connectivity index (χ1) is 10.2. The van der Waals surface area contributed by atoms with Crippen LogP contribution in [0.1, 0.15) is 34.6 Å². The van der Waals surface area contributed by atoms with Crippen molar-refractivity contribution < 1.29 is 38.9 Å². The molecule has 2 rings (SSSR count). The Morgan fingerprint density at radius 1 is 1.00 bits per heavy atom. The van der Waals surface area contributed by atoms with E-state index in [9.17, 15) is 29.4 Å². The number of ether oxygens (including phenoxy) is 2. The first kappa shape index (κ1) is 15.2. The van der Waals surface area contributed by atoms with Crippen LogP contribution in [0.2, 0.25) is 0 Å². The van der Waals surface area contributed by atoms with Crippen LogP contribution < -0.4 is 4.74 Å². The number of ketones is 2. The maximum absolute atomic E-state index is 12.2. The summed E-state index contributed by atoms with van der Waals surface area (Å²) in [6, 6.07) is 0.839. The summed E-state index contributed by atoms with van der Waals surface area (Å²) in [7, 11) is 0. The van der Waals surface area contributed by atoms with Gasteiger partial charge in [-0.1, -0.05) is 0 Å². The second-order valence-corrected chi connectivity index (χ2v) is 4.38. The summed E-state index contributed by atoms with van der Waals surface area (Å²) in [5, 5.41) is 19.8. The van der Waals surface area contributed by atoms with Gasteiger partial charge in [-0.2, -0.15) is 0 Å². The van der Waals surface area contributed by atoms with Crippen LogP contribution in [0.5, 0.6) is 17.2 Å². The molecule has 0 amide bonds. The zero-order valence-corrected chi connectivity index (χ0v) is 11.5. The summed E-state index contributed by atoms with van der Waals surface area (Å²) in [4.78, 5) is 46.0. The summed E-state index contributed by atoms with van der Waals surface area (Å²) < 4.78 is 9.25. The van der Waals surface area contributed by atoms with Crippen LogP contribution in [0.4, 0.5) is 0 Å². The molecule has 0 saturated carbocycles. The van der Waals surface area contributed by atoms with E-state index in [0.717, 1.165) is 26.0 Å². The highest BCUT2D eigenvalue weighted by Crippen LogP contribution is 2.41. The first-order valence-corrected chi connectivity index (χ1v) is 5.98. The van der Waals surface area contributed by atoms with Crippen LogP contribution in [0.25, 0.3) is 0 Å². The number of rotatable bonds is 2. The molecule has 0 fully saturated rings. The van der Waals surface area contributed by atoms with E-state index >= 15 is 0 Å². The van der Waals surface area contributed by atoms with Crippen molar-refractivity contribution in [3.8, 4) is 17.2 Å². The van der Waals surface area contributed by atoms with Crippen LogP contribution in [-0.4, -0.2) is 33.7 Å². The monoisotopic (exact) mass is 306 g/mol. The number of benzene rings is 1. The third-order valence-electron chi connectivity index (χ3n) is 2.71. The number of phenols is 2. The lowest BCUT2D eigenvalue weighted by molar-refractivity contribution is -0.136. The molecule has 0 saturated heterocycles. The number of hydrogen-bond donors (Lipinski definition) is 2. The van der Waals surface area contributed by atoms with Gasteiger partial charge in [-0.15, -0.1) is 0 Å². The number of Topliss-reactive ketones (excluding diaryl/α,β-unsaturated/α-hetero) is 1. The van der Waals surface area contributed by atoms with Crippen molar-refractivity contribution >= 4 is 23.5 Å². The van der Waals surface area contributed by atoms with E-state index in [1.165, 1.54) is 0 Å². The highest BCUT2D eigenvalue weighted by molar-refractivity contribution is 6.26. The third kappa shape index (κ3) is 2.53. The van der Waals surface area contributed by atoms with Crippen molar-refractivity contribution in [1.29, 1.82) is 0 Å². The molecule has 1 aliphatic rings. The second kappa shape index (κ2) is 5.32. The number of fused-ring (bicyclic) bond motifs is 1. The SMILES string of the molecule is CC(=O)OC1=CC(=O)c2c(O)cc(OC(C)=O)c(O)c2C1=O. The highest BCUT2D eigenvalue weighted by atomic mass is 16.5. The molecule has 0 radical (unpaired) electrons. The summed E-state index contributed by atoms with van der Waals surface area (Å²) in [6.45, 7) is 2.08. The molecule has 8 heteroatoms. The van der Waals surface area contributed by atoms with Gasteiger partial charge in [0.1, 0.15) is 5.75 Å². The molecule has 0 unspecified atom stereocenters. The van der Waals surface area contributed by atoms with Gasteiger partial charge in [-0.25, -0.2) is 0 Å². The molecular formula is C14H10O8. The minimum atomic E-state index is -0.994. The minimum Gasteiger partial charge on any atom is -0.507 e. The molecule has 0 aromatic heterocycles. The molecule has 0 atom stereocenters. The summed E-state index contributed by atoms with van der Waals surface area (Å²) in [6.07, 6.45) is 0.733. The van der Waals surface area contributed by atoms with Crippen molar-refractivity contribution in [3.63, 3.8) is 0 Å². The van der Waals surface area contributed by atoms with Crippen LogP contribution in [0.3, 0.4) is 0 Å². The van der Waals surface area contributed by atoms with E-state index < -0.39 is 57.6 Å². The quantitative estimate of drug-likeness (QED) is 0.467. The molecule has 22 heavy (non-hydrogen) atoms. The molecule has 1 aliphatic carbocycles. The van der Waals surface area contributed by atoms with Crippen molar-refractivity contribution in [1.82, 2.24) is 0 Å². The van der Waals surface area contributed by atoms with E-state index in [2.05, 4.69) is 9.47 Å². The molecular weight excluding hydrogens is 296 g/mol. The van der Waals surface area contributed by atoms with Gasteiger partial charge in [0, 0.05) is 26.0 Å². The molecule has 2 N–H and O–H groups in total. The van der Waals surface area contributed by atoms with Gasteiger partial charge in [-0.3, -0.25) is 19.2 Å². The van der Waals surface area contributed by atoms with E-state index in [0.29, 0.717) is 0 Å². The number of carbonyl (C=O) groups excluding carboxylic acids is 4. The third-order valence-corrected chi connectivity index (χ3v) is 2.71. The minimum absolute atomic E-state index is 0.464. The molecule has 8 nitrogen and oxygen atoms in total. The Labute approximate surface area is 123 Å². The normalized spacial score (nSPS) is 13.3. The van der Waals surface area contributed by atoms with Crippen molar-refractivity contribution in [2.24, 2.45) is 0 Å². The van der Waals surface area contributed by atoms with E-state index in [4.69, 9.17) is 0 Å². The standard InChI is InChI=1S/C14H10O8/c1-5(15)21-9-3-7(17)11-8(18)4-10(22-6(2)16)14(20)12(11)13(9)19/h3-4,17,19H,1-2H3. The number of phenolic OH excluding ortho intramolecular Hbond substituents is 2. The molecule has 114 valence electrons. The van der Waals surface area contributed by atoms with Crippen LogP contribution in [-0.2, 0) is 14.3 Å². The summed E-state index contributed by atoms with van der Waals surface area (Å²) in [5.74, 6) is -6.02. The Morgan fingerprint density at radius 2 is 1.59 bits per heavy atom. The van der Waals surface area contributed by atoms with Crippen molar-refractivity contribution in [2.75, 3.05) is 0 Å². The topological polar surface area (TPSA) is 127 Å². The Morgan fingerprint density at radius 3 is 2.14 bits per heavy atom. The Kier molecular flexibility index (Phi) is 3.68. The van der Waals surface area contributed by atoms with E-state index in [1.807, 2.05) is 0 Å². The van der Waals surface area contributed by atoms with Crippen molar-refractivity contribution in [2.45, 2.75) is 13.8 Å². The Balaban J connectivity index is 2.64. The average molecular weight is 306 g/mol. The number of aromatic hydroxyl groups is 2. The molecule has 0 spiro atoms. The first-order valence-electron chi connectivity index (χ1n) is 5.98. The van der Waals surface area contributed by atoms with Gasteiger partial charge >= 0.3 is 11.9 Å². The lowest BCUT2D eigenvalue weighted by Gasteiger charge is -2.18. The number of carbonyl (C=O) groups is 4. The fourth-order valence-electron chi connectivity index (χ4n) is 1.95. The van der Waals surface area contributed by atoms with Gasteiger partial charge in [-0.05, 0) is 0 Å². The van der Waals surface area contributed by atoms with Crippen molar-refractivity contribution in [3.05, 3.63) is 29.0 Å². The predicted molar refractivity (Wildman–Crippen MR) is 69.6 cm³/mol. The fraction of sp³-hybridized carbons (Fsp3) is 0.143. The lowest BCUT2D eigenvalue weighted by atomic mass is 9.91. The van der Waals surface area contributed by atoms with Gasteiger partial charge in [0.2, 0.25) is 5.78 Å².